The maximum atomic E-state index is 6.31. The van der Waals surface area contributed by atoms with Gasteiger partial charge in [0.25, 0.3) is 0 Å². The summed E-state index contributed by atoms with van der Waals surface area (Å²) in [6, 6.07) is 19.6. The summed E-state index contributed by atoms with van der Waals surface area (Å²) < 4.78 is 12.6. The first-order valence-electron chi connectivity index (χ1n) is 10.7. The third kappa shape index (κ3) is 2.70. The summed E-state index contributed by atoms with van der Waals surface area (Å²) >= 11 is 0. The van der Waals surface area contributed by atoms with Crippen molar-refractivity contribution < 1.29 is 9.31 Å². The minimum Gasteiger partial charge on any atom is -0.398 e. The van der Waals surface area contributed by atoms with E-state index in [-0.39, 0.29) is 5.41 Å². The van der Waals surface area contributed by atoms with E-state index in [0.717, 1.165) is 16.7 Å². The molecule has 5 rings (SSSR count). The van der Waals surface area contributed by atoms with Crippen molar-refractivity contribution in [1.82, 2.24) is 4.98 Å². The van der Waals surface area contributed by atoms with Gasteiger partial charge in [-0.1, -0.05) is 56.3 Å². The van der Waals surface area contributed by atoms with Crippen LogP contribution in [0.3, 0.4) is 0 Å². The van der Waals surface area contributed by atoms with Crippen molar-refractivity contribution in [2.75, 3.05) is 0 Å². The van der Waals surface area contributed by atoms with Crippen molar-refractivity contribution in [3.05, 3.63) is 71.9 Å². The van der Waals surface area contributed by atoms with Crippen LogP contribution >= 0.6 is 0 Å². The Balaban J connectivity index is 1.62. The van der Waals surface area contributed by atoms with Gasteiger partial charge < -0.3 is 9.31 Å². The molecular formula is C26H28BNO2. The molecule has 0 atom stereocenters. The van der Waals surface area contributed by atoms with E-state index in [0.29, 0.717) is 0 Å². The van der Waals surface area contributed by atoms with Crippen LogP contribution in [-0.4, -0.2) is 23.3 Å². The van der Waals surface area contributed by atoms with E-state index in [2.05, 4.69) is 95.1 Å². The van der Waals surface area contributed by atoms with Gasteiger partial charge in [-0.15, -0.1) is 0 Å². The maximum absolute atomic E-state index is 6.31. The molecule has 2 aromatic carbocycles. The highest BCUT2D eigenvalue weighted by Crippen LogP contribution is 2.49. The standard InChI is InChI=1S/C26H28BNO2/c1-24(2)21-12-8-7-10-19(21)20-16-17(13-14-22(20)24)18-11-9-15-28-23(18)27-29-25(3,4)26(5,6)30-27/h7-16H,1-6H3. The normalized spacial score (nSPS) is 20.1. The van der Waals surface area contributed by atoms with Gasteiger partial charge in [-0.25, -0.2) is 0 Å². The monoisotopic (exact) mass is 397 g/mol. The van der Waals surface area contributed by atoms with E-state index < -0.39 is 18.3 Å². The Hall–Kier alpha value is -2.43. The molecule has 3 nitrogen and oxygen atoms in total. The van der Waals surface area contributed by atoms with E-state index in [1.807, 2.05) is 12.3 Å². The number of fused-ring (bicyclic) bond motifs is 3. The molecule has 0 spiro atoms. The summed E-state index contributed by atoms with van der Waals surface area (Å²) in [5.41, 5.74) is 7.62. The molecule has 0 radical (unpaired) electrons. The summed E-state index contributed by atoms with van der Waals surface area (Å²) in [5.74, 6) is 0. The smallest absolute Gasteiger partial charge is 0.398 e. The van der Waals surface area contributed by atoms with Crippen LogP contribution in [0.5, 0.6) is 0 Å². The lowest BCUT2D eigenvalue weighted by molar-refractivity contribution is 0.00578. The highest BCUT2D eigenvalue weighted by molar-refractivity contribution is 6.62. The van der Waals surface area contributed by atoms with E-state index in [1.54, 1.807) is 0 Å². The molecule has 1 saturated heterocycles. The van der Waals surface area contributed by atoms with Crippen LogP contribution in [0.4, 0.5) is 0 Å². The minimum atomic E-state index is -0.483. The van der Waals surface area contributed by atoms with Gasteiger partial charge in [0.15, 0.2) is 0 Å². The third-order valence-electron chi connectivity index (χ3n) is 7.21. The van der Waals surface area contributed by atoms with Crippen LogP contribution in [0.2, 0.25) is 0 Å². The van der Waals surface area contributed by atoms with Gasteiger partial charge in [-0.2, -0.15) is 0 Å². The lowest BCUT2D eigenvalue weighted by Gasteiger charge is -2.32. The second-order valence-corrected chi connectivity index (χ2v) is 9.96. The van der Waals surface area contributed by atoms with Crippen LogP contribution < -0.4 is 5.59 Å². The molecule has 4 heteroatoms. The highest BCUT2D eigenvalue weighted by atomic mass is 16.7. The lowest BCUT2D eigenvalue weighted by atomic mass is 9.78. The van der Waals surface area contributed by atoms with Gasteiger partial charge in [0.2, 0.25) is 0 Å². The van der Waals surface area contributed by atoms with Gasteiger partial charge >= 0.3 is 7.12 Å². The number of pyridine rings is 1. The Kier molecular flexibility index (Phi) is 4.09. The molecule has 0 bridgehead atoms. The Morgan fingerprint density at radius 2 is 1.33 bits per heavy atom. The largest absolute Gasteiger partial charge is 0.515 e. The third-order valence-corrected chi connectivity index (χ3v) is 7.21. The quantitative estimate of drug-likeness (QED) is 0.546. The first-order chi connectivity index (χ1) is 14.1. The zero-order chi connectivity index (χ0) is 21.3. The molecule has 152 valence electrons. The number of hydrogen-bond donors (Lipinski definition) is 0. The fourth-order valence-corrected chi connectivity index (χ4v) is 4.69. The minimum absolute atomic E-state index is 0.00788. The molecule has 1 aliphatic heterocycles. The van der Waals surface area contributed by atoms with Crippen molar-refractivity contribution in [3.63, 3.8) is 0 Å². The van der Waals surface area contributed by atoms with Crippen LogP contribution in [-0.2, 0) is 14.7 Å². The second kappa shape index (κ2) is 6.29. The predicted molar refractivity (Wildman–Crippen MR) is 123 cm³/mol. The van der Waals surface area contributed by atoms with Crippen LogP contribution in [0, 0.1) is 0 Å². The van der Waals surface area contributed by atoms with Crippen molar-refractivity contribution in [1.29, 1.82) is 0 Å². The summed E-state index contributed by atoms with van der Waals surface area (Å²) in [7, 11) is -0.483. The van der Waals surface area contributed by atoms with E-state index in [4.69, 9.17) is 9.31 Å². The number of nitrogens with zero attached hydrogens (tertiary/aromatic N) is 1. The fraction of sp³-hybridized carbons (Fsp3) is 0.346. The van der Waals surface area contributed by atoms with Gasteiger partial charge in [0.05, 0.1) is 16.8 Å². The summed E-state index contributed by atoms with van der Waals surface area (Å²) in [4.78, 5) is 4.68. The average molecular weight is 397 g/mol. The Morgan fingerprint density at radius 1 is 0.700 bits per heavy atom. The molecule has 1 aliphatic carbocycles. The fourth-order valence-electron chi connectivity index (χ4n) is 4.69. The zero-order valence-corrected chi connectivity index (χ0v) is 18.6. The number of hydrogen-bond acceptors (Lipinski definition) is 3. The summed E-state index contributed by atoms with van der Waals surface area (Å²) in [6.45, 7) is 12.9. The van der Waals surface area contributed by atoms with Gasteiger partial charge in [0.1, 0.15) is 0 Å². The van der Waals surface area contributed by atoms with Gasteiger partial charge in [0, 0.05) is 11.6 Å². The van der Waals surface area contributed by atoms with Crippen LogP contribution in [0.1, 0.15) is 52.7 Å². The Labute approximate surface area is 179 Å². The molecule has 30 heavy (non-hydrogen) atoms. The van der Waals surface area contributed by atoms with Crippen molar-refractivity contribution in [2.24, 2.45) is 0 Å². The highest BCUT2D eigenvalue weighted by Gasteiger charge is 2.53. The van der Waals surface area contributed by atoms with Crippen molar-refractivity contribution in [2.45, 2.75) is 58.2 Å². The van der Waals surface area contributed by atoms with E-state index >= 15 is 0 Å². The molecule has 2 heterocycles. The van der Waals surface area contributed by atoms with Crippen molar-refractivity contribution in [3.8, 4) is 22.3 Å². The first-order valence-corrected chi connectivity index (χ1v) is 10.7. The molecule has 0 saturated carbocycles. The van der Waals surface area contributed by atoms with Crippen LogP contribution in [0.15, 0.2) is 60.8 Å². The molecule has 2 aliphatic rings. The molecule has 0 N–H and O–H groups in total. The van der Waals surface area contributed by atoms with Crippen molar-refractivity contribution >= 4 is 12.7 Å². The average Bonchev–Trinajstić information content (AvgIpc) is 3.08. The number of aromatic nitrogens is 1. The Morgan fingerprint density at radius 3 is 2.07 bits per heavy atom. The summed E-state index contributed by atoms with van der Waals surface area (Å²) in [5, 5.41) is 0. The molecule has 3 aromatic rings. The number of rotatable bonds is 2. The first kappa shape index (κ1) is 19.5. The Bertz CT molecular complexity index is 1130. The van der Waals surface area contributed by atoms with E-state index in [9.17, 15) is 0 Å². The SMILES string of the molecule is CC1(C)c2ccccc2-c2cc(-c3cccnc3B3OC(C)(C)C(C)(C)O3)ccc21. The number of benzene rings is 2. The molecule has 0 amide bonds. The lowest BCUT2D eigenvalue weighted by Crippen LogP contribution is -2.41. The predicted octanol–water partition coefficient (Wildman–Crippen LogP) is 5.35. The van der Waals surface area contributed by atoms with Gasteiger partial charge in [-0.3, -0.25) is 4.98 Å². The topological polar surface area (TPSA) is 31.4 Å². The molecule has 1 aromatic heterocycles. The summed E-state index contributed by atoms with van der Waals surface area (Å²) in [6.07, 6.45) is 1.82. The maximum Gasteiger partial charge on any atom is 0.515 e. The van der Waals surface area contributed by atoms with Crippen LogP contribution in [0.25, 0.3) is 22.3 Å². The zero-order valence-electron chi connectivity index (χ0n) is 18.6. The van der Waals surface area contributed by atoms with Gasteiger partial charge in [-0.05, 0) is 73.2 Å². The molecule has 1 fully saturated rings. The second-order valence-electron chi connectivity index (χ2n) is 9.96. The molecule has 0 unspecified atom stereocenters. The van der Waals surface area contributed by atoms with E-state index in [1.165, 1.54) is 22.3 Å². The molecular weight excluding hydrogens is 369 g/mol.